The van der Waals surface area contributed by atoms with E-state index in [1.165, 1.54) is 7.11 Å². The Kier molecular flexibility index (Phi) is 5.50. The van der Waals surface area contributed by atoms with Crippen LogP contribution < -0.4 is 10.2 Å². The number of rotatable bonds is 5. The second-order valence-corrected chi connectivity index (χ2v) is 7.67. The highest BCUT2D eigenvalue weighted by molar-refractivity contribution is 7.10. The highest BCUT2D eigenvalue weighted by Gasteiger charge is 2.20. The number of hydrogen-bond acceptors (Lipinski definition) is 7. The summed E-state index contributed by atoms with van der Waals surface area (Å²) in [5.41, 5.74) is 3.62. The standard InChI is InChI=1S/C22H17N3O5S/c1-30-21(28)13-7-5-12(6-8-13)10-24-19(26)16-4-2-3-15-14(11-23-18(15)16)9-17-20(27)25-22(29)31-17/h2-9,11,27H,10H2,1H3,(H,24,26)(H,25,29). The van der Waals surface area contributed by atoms with E-state index in [1.54, 1.807) is 48.7 Å². The lowest BCUT2D eigenvalue weighted by atomic mass is 10.0. The van der Waals surface area contributed by atoms with Gasteiger partial charge >= 0.3 is 10.8 Å². The Morgan fingerprint density at radius 2 is 2.00 bits per heavy atom. The summed E-state index contributed by atoms with van der Waals surface area (Å²) in [5, 5.41) is 12.7. The van der Waals surface area contributed by atoms with Gasteiger partial charge in [0.2, 0.25) is 5.88 Å². The third-order valence-electron chi connectivity index (χ3n) is 4.70. The Morgan fingerprint density at radius 1 is 1.23 bits per heavy atom. The Hall–Kier alpha value is -3.98. The second kappa shape index (κ2) is 8.41. The lowest BCUT2D eigenvalue weighted by Crippen LogP contribution is -2.23. The molecule has 0 saturated carbocycles. The molecule has 1 aliphatic rings. The molecule has 0 aliphatic carbocycles. The first kappa shape index (κ1) is 20.3. The van der Waals surface area contributed by atoms with Gasteiger partial charge in [0.25, 0.3) is 5.91 Å². The fraction of sp³-hybridized carbons (Fsp3) is 0.0909. The number of fused-ring (bicyclic) bond motifs is 1. The van der Waals surface area contributed by atoms with E-state index < -0.39 is 5.97 Å². The number of methoxy groups -OCH3 is 1. The van der Waals surface area contributed by atoms with Gasteiger partial charge in [-0.3, -0.25) is 19.6 Å². The minimum Gasteiger partial charge on any atom is -0.493 e. The lowest BCUT2D eigenvalue weighted by molar-refractivity contribution is 0.0600. The molecule has 0 fully saturated rings. The van der Waals surface area contributed by atoms with Gasteiger partial charge in [-0.1, -0.05) is 35.6 Å². The first-order valence-electron chi connectivity index (χ1n) is 9.23. The van der Waals surface area contributed by atoms with Crippen LogP contribution in [-0.4, -0.2) is 35.3 Å². The van der Waals surface area contributed by atoms with Crippen LogP contribution in [0.25, 0.3) is 11.6 Å². The smallest absolute Gasteiger partial charge is 0.337 e. The van der Waals surface area contributed by atoms with E-state index >= 15 is 0 Å². The highest BCUT2D eigenvalue weighted by Crippen LogP contribution is 2.36. The van der Waals surface area contributed by atoms with Crippen molar-refractivity contribution in [1.29, 1.82) is 0 Å². The first-order chi connectivity index (χ1) is 15.0. The zero-order chi connectivity index (χ0) is 22.0. The van der Waals surface area contributed by atoms with Crippen LogP contribution in [-0.2, 0) is 11.3 Å². The van der Waals surface area contributed by atoms with E-state index in [1.807, 2.05) is 6.07 Å². The van der Waals surface area contributed by atoms with E-state index in [9.17, 15) is 19.5 Å². The molecule has 0 atom stereocenters. The molecular weight excluding hydrogens is 418 g/mol. The fourth-order valence-electron chi connectivity index (χ4n) is 3.14. The first-order valence-corrected chi connectivity index (χ1v) is 10.0. The molecular formula is C22H17N3O5S. The number of benzene rings is 2. The fourth-order valence-corrected chi connectivity index (χ4v) is 3.82. The van der Waals surface area contributed by atoms with Crippen LogP contribution in [0, 0.1) is 0 Å². The van der Waals surface area contributed by atoms with Gasteiger partial charge in [0.1, 0.15) is 0 Å². The average molecular weight is 435 g/mol. The molecule has 156 valence electrons. The third kappa shape index (κ3) is 4.17. The van der Waals surface area contributed by atoms with E-state index in [0.29, 0.717) is 27.3 Å². The Balaban J connectivity index is 1.51. The predicted octanol–water partition coefficient (Wildman–Crippen LogP) is 3.12. The van der Waals surface area contributed by atoms with Gasteiger partial charge in [0.15, 0.2) is 0 Å². The van der Waals surface area contributed by atoms with Crippen molar-refractivity contribution < 1.29 is 19.4 Å². The maximum Gasteiger partial charge on any atom is 0.337 e. The monoisotopic (exact) mass is 435 g/mol. The summed E-state index contributed by atoms with van der Waals surface area (Å²) in [5.74, 6) is -0.907. The number of esters is 1. The van der Waals surface area contributed by atoms with Crippen LogP contribution in [0.3, 0.4) is 0 Å². The molecule has 8 nitrogen and oxygen atoms in total. The SMILES string of the molecule is COC(=O)c1ccc(CNC(=O)c2cccc3c2N=CC3=Cc2sc(=O)[nH]c2O)cc1. The molecule has 9 heteroatoms. The number of thiazole rings is 1. The molecule has 31 heavy (non-hydrogen) atoms. The number of allylic oxidation sites excluding steroid dienone is 1. The molecule has 0 spiro atoms. The Bertz CT molecular complexity index is 1290. The molecule has 1 amide bonds. The predicted molar refractivity (Wildman–Crippen MR) is 118 cm³/mol. The summed E-state index contributed by atoms with van der Waals surface area (Å²) < 4.78 is 4.67. The van der Waals surface area contributed by atoms with Crippen LogP contribution in [0.2, 0.25) is 0 Å². The number of nitrogens with one attached hydrogen (secondary N) is 2. The number of para-hydroxylation sites is 1. The molecule has 3 N–H and O–H groups in total. The number of aliphatic imine (C=N–C) groups is 1. The number of aromatic hydroxyl groups is 1. The van der Waals surface area contributed by atoms with Crippen molar-refractivity contribution in [3.8, 4) is 5.88 Å². The zero-order valence-electron chi connectivity index (χ0n) is 16.3. The van der Waals surface area contributed by atoms with Crippen LogP contribution in [0.4, 0.5) is 5.69 Å². The third-order valence-corrected chi connectivity index (χ3v) is 5.51. The summed E-state index contributed by atoms with van der Waals surface area (Å²) in [7, 11) is 1.32. The normalized spacial score (nSPS) is 13.3. The lowest BCUT2D eigenvalue weighted by Gasteiger charge is -2.09. The Labute approximate surface area is 180 Å². The zero-order valence-corrected chi connectivity index (χ0v) is 17.2. The largest absolute Gasteiger partial charge is 0.493 e. The summed E-state index contributed by atoms with van der Waals surface area (Å²) in [6, 6.07) is 12.0. The number of nitrogens with zero attached hydrogens (tertiary/aromatic N) is 1. The summed E-state index contributed by atoms with van der Waals surface area (Å²) in [6.45, 7) is 0.279. The van der Waals surface area contributed by atoms with Gasteiger partial charge in [-0.2, -0.15) is 0 Å². The molecule has 3 aromatic rings. The molecule has 4 rings (SSSR count). The van der Waals surface area contributed by atoms with E-state index in [4.69, 9.17) is 0 Å². The number of carbonyl (C=O) groups excluding carboxylic acids is 2. The number of aromatic nitrogens is 1. The number of aromatic amines is 1. The van der Waals surface area contributed by atoms with Crippen LogP contribution in [0.1, 0.15) is 36.7 Å². The van der Waals surface area contributed by atoms with Crippen molar-refractivity contribution in [2.24, 2.45) is 4.99 Å². The molecule has 0 bridgehead atoms. The van der Waals surface area contributed by atoms with E-state index in [-0.39, 0.29) is 23.2 Å². The average Bonchev–Trinajstić information content (AvgIpc) is 3.34. The van der Waals surface area contributed by atoms with Crippen molar-refractivity contribution >= 4 is 46.8 Å². The molecule has 2 aromatic carbocycles. The molecule has 1 aromatic heterocycles. The minimum atomic E-state index is -0.419. The number of carbonyl (C=O) groups is 2. The van der Waals surface area contributed by atoms with Crippen molar-refractivity contribution in [2.75, 3.05) is 7.11 Å². The summed E-state index contributed by atoms with van der Waals surface area (Å²) in [6.07, 6.45) is 3.24. The maximum absolute atomic E-state index is 12.8. The molecule has 2 heterocycles. The molecule has 0 saturated heterocycles. The van der Waals surface area contributed by atoms with Crippen molar-refractivity contribution in [2.45, 2.75) is 6.54 Å². The molecule has 0 unspecified atom stereocenters. The van der Waals surface area contributed by atoms with E-state index in [0.717, 1.165) is 22.5 Å². The topological polar surface area (TPSA) is 121 Å². The van der Waals surface area contributed by atoms with E-state index in [2.05, 4.69) is 20.0 Å². The molecule has 1 aliphatic heterocycles. The molecule has 0 radical (unpaired) electrons. The Morgan fingerprint density at radius 3 is 2.68 bits per heavy atom. The van der Waals surface area contributed by atoms with Crippen LogP contribution in [0.5, 0.6) is 5.88 Å². The van der Waals surface area contributed by atoms with Crippen molar-refractivity contribution in [1.82, 2.24) is 10.3 Å². The number of ether oxygens (including phenoxy) is 1. The van der Waals surface area contributed by atoms with Gasteiger partial charge in [0.05, 0.1) is 28.8 Å². The quantitative estimate of drug-likeness (QED) is 0.532. The highest BCUT2D eigenvalue weighted by atomic mass is 32.1. The van der Waals surface area contributed by atoms with Gasteiger partial charge < -0.3 is 15.2 Å². The van der Waals surface area contributed by atoms with Gasteiger partial charge in [-0.05, 0) is 29.8 Å². The van der Waals surface area contributed by atoms with Gasteiger partial charge in [-0.25, -0.2) is 4.79 Å². The van der Waals surface area contributed by atoms with Crippen LogP contribution >= 0.6 is 11.3 Å². The van der Waals surface area contributed by atoms with Gasteiger partial charge in [0, 0.05) is 23.9 Å². The minimum absolute atomic E-state index is 0.198. The number of H-pyrrole nitrogens is 1. The number of hydrogen-bond donors (Lipinski definition) is 3. The van der Waals surface area contributed by atoms with Crippen molar-refractivity contribution in [3.63, 3.8) is 0 Å². The second-order valence-electron chi connectivity index (χ2n) is 6.66. The maximum atomic E-state index is 12.8. The van der Waals surface area contributed by atoms with Gasteiger partial charge in [-0.15, -0.1) is 0 Å². The van der Waals surface area contributed by atoms with Crippen LogP contribution in [0.15, 0.2) is 52.3 Å². The summed E-state index contributed by atoms with van der Waals surface area (Å²) in [4.78, 5) is 42.4. The number of amides is 1. The summed E-state index contributed by atoms with van der Waals surface area (Å²) >= 11 is 0.889. The van der Waals surface area contributed by atoms with Crippen molar-refractivity contribution in [3.05, 3.63) is 79.3 Å².